The molecule has 0 radical (unpaired) electrons. The van der Waals surface area contributed by atoms with Crippen molar-refractivity contribution in [3.05, 3.63) is 41.0 Å². The van der Waals surface area contributed by atoms with E-state index in [0.29, 0.717) is 51.8 Å². The number of ether oxygens (including phenoxy) is 4. The molecule has 0 atom stereocenters. The number of allylic oxidation sites excluding steroid dienone is 1. The number of carbonyl (C=O) groups is 1. The van der Waals surface area contributed by atoms with E-state index in [1.807, 2.05) is 38.1 Å². The number of nitrogens with zero attached hydrogens (tertiary/aromatic N) is 1. The van der Waals surface area contributed by atoms with Crippen LogP contribution < -0.4 is 29.6 Å². The van der Waals surface area contributed by atoms with E-state index in [-0.39, 0.29) is 5.78 Å². The van der Waals surface area contributed by atoms with Crippen LogP contribution in [0.25, 0.3) is 6.08 Å². The second-order valence-corrected chi connectivity index (χ2v) is 7.18. The second-order valence-electron chi connectivity index (χ2n) is 7.18. The van der Waals surface area contributed by atoms with Crippen LogP contribution in [0.2, 0.25) is 0 Å². The molecule has 0 saturated carbocycles. The van der Waals surface area contributed by atoms with Crippen molar-refractivity contribution in [1.82, 2.24) is 0 Å². The number of benzene rings is 2. The lowest BCUT2D eigenvalue weighted by atomic mass is 9.96. The van der Waals surface area contributed by atoms with E-state index in [1.54, 1.807) is 32.4 Å². The van der Waals surface area contributed by atoms with Crippen LogP contribution in [-0.2, 0) is 0 Å². The molecule has 0 aliphatic carbocycles. The Morgan fingerprint density at radius 2 is 1.61 bits per heavy atom. The molecule has 0 heterocycles. The molecule has 0 aliphatic rings. The number of nitrogens with two attached hydrogens (primary N) is 1. The Hall–Kier alpha value is -3.35. The van der Waals surface area contributed by atoms with Gasteiger partial charge in [-0.1, -0.05) is 13.3 Å². The van der Waals surface area contributed by atoms with Crippen molar-refractivity contribution in [3.8, 4) is 23.0 Å². The molecule has 7 nitrogen and oxygen atoms in total. The fourth-order valence-corrected chi connectivity index (χ4v) is 3.46. The Kier molecular flexibility index (Phi) is 8.19. The lowest BCUT2D eigenvalue weighted by Gasteiger charge is -2.18. The number of Topliss-reactive ketones (excluding diaryl/α,β-unsaturated/α-hetero) is 1. The molecule has 0 saturated heterocycles. The maximum Gasteiger partial charge on any atom is 0.207 e. The minimum Gasteiger partial charge on any atom is -0.493 e. The minimum absolute atomic E-state index is 0.0883. The summed E-state index contributed by atoms with van der Waals surface area (Å²) in [6.45, 7) is 2.02. The zero-order valence-electron chi connectivity index (χ0n) is 19.4. The third-order valence-corrected chi connectivity index (χ3v) is 4.93. The molecule has 31 heavy (non-hydrogen) atoms. The Bertz CT molecular complexity index is 967. The Morgan fingerprint density at radius 3 is 2.10 bits per heavy atom. The first-order valence-electron chi connectivity index (χ1n) is 10.0. The van der Waals surface area contributed by atoms with E-state index in [0.717, 1.165) is 12.1 Å². The van der Waals surface area contributed by atoms with E-state index >= 15 is 0 Å². The van der Waals surface area contributed by atoms with Gasteiger partial charge in [0.2, 0.25) is 11.5 Å². The molecule has 0 aromatic heterocycles. The number of rotatable bonds is 10. The monoisotopic (exact) mass is 428 g/mol. The first-order chi connectivity index (χ1) is 14.8. The summed E-state index contributed by atoms with van der Waals surface area (Å²) in [4.78, 5) is 15.2. The molecule has 168 valence electrons. The number of hydrogen-bond donors (Lipinski definition) is 1. The van der Waals surface area contributed by atoms with Crippen LogP contribution in [0.4, 0.5) is 11.4 Å². The highest BCUT2D eigenvalue weighted by Crippen LogP contribution is 2.47. The van der Waals surface area contributed by atoms with Crippen LogP contribution in [0.15, 0.2) is 29.8 Å². The summed E-state index contributed by atoms with van der Waals surface area (Å²) in [6, 6.07) is 7.14. The molecular weight excluding hydrogens is 396 g/mol. The molecule has 0 bridgehead atoms. The SMILES string of the molecule is CCC/C(=C\c1cc(OC)c(OC)c(OC)c1OC)C(=O)c1ccc(N(C)C)c(N)c1. The lowest BCUT2D eigenvalue weighted by Crippen LogP contribution is -2.12. The van der Waals surface area contributed by atoms with Gasteiger partial charge in [0, 0.05) is 30.8 Å². The summed E-state index contributed by atoms with van der Waals surface area (Å²) in [5, 5.41) is 0. The fraction of sp³-hybridized carbons (Fsp3) is 0.375. The molecule has 0 amide bonds. The summed E-state index contributed by atoms with van der Waals surface area (Å²) in [5.74, 6) is 1.68. The van der Waals surface area contributed by atoms with E-state index in [4.69, 9.17) is 24.7 Å². The molecule has 7 heteroatoms. The van der Waals surface area contributed by atoms with Crippen molar-refractivity contribution in [2.24, 2.45) is 0 Å². The van der Waals surface area contributed by atoms with Crippen molar-refractivity contribution in [1.29, 1.82) is 0 Å². The summed E-state index contributed by atoms with van der Waals surface area (Å²) in [5.41, 5.74) is 9.40. The zero-order valence-corrected chi connectivity index (χ0v) is 19.4. The van der Waals surface area contributed by atoms with Crippen molar-refractivity contribution in [3.63, 3.8) is 0 Å². The van der Waals surface area contributed by atoms with E-state index in [2.05, 4.69) is 0 Å². The number of methoxy groups -OCH3 is 4. The van der Waals surface area contributed by atoms with Gasteiger partial charge in [0.15, 0.2) is 17.3 Å². The van der Waals surface area contributed by atoms with Crippen LogP contribution in [0.5, 0.6) is 23.0 Å². The Balaban J connectivity index is 2.62. The van der Waals surface area contributed by atoms with Crippen LogP contribution >= 0.6 is 0 Å². The first kappa shape index (κ1) is 23.9. The molecule has 2 rings (SSSR count). The minimum atomic E-state index is -0.0883. The second kappa shape index (κ2) is 10.6. The van der Waals surface area contributed by atoms with Gasteiger partial charge in [-0.25, -0.2) is 0 Å². The van der Waals surface area contributed by atoms with Crippen molar-refractivity contribution >= 4 is 23.2 Å². The predicted molar refractivity (Wildman–Crippen MR) is 125 cm³/mol. The number of carbonyl (C=O) groups excluding carboxylic acids is 1. The molecule has 0 unspecified atom stereocenters. The summed E-state index contributed by atoms with van der Waals surface area (Å²) in [7, 11) is 9.97. The highest BCUT2D eigenvalue weighted by Gasteiger charge is 2.22. The van der Waals surface area contributed by atoms with Gasteiger partial charge >= 0.3 is 0 Å². The summed E-state index contributed by atoms with van der Waals surface area (Å²) in [6.07, 6.45) is 3.20. The van der Waals surface area contributed by atoms with Crippen LogP contribution in [0.3, 0.4) is 0 Å². The van der Waals surface area contributed by atoms with Gasteiger partial charge in [0.1, 0.15) is 0 Å². The number of hydrogen-bond acceptors (Lipinski definition) is 7. The highest BCUT2D eigenvalue weighted by molar-refractivity contribution is 6.12. The van der Waals surface area contributed by atoms with E-state index in [1.165, 1.54) is 14.2 Å². The molecular formula is C24H32N2O5. The third kappa shape index (κ3) is 5.05. The molecule has 0 aliphatic heterocycles. The average molecular weight is 429 g/mol. The van der Waals surface area contributed by atoms with Crippen LogP contribution in [0, 0.1) is 0 Å². The quantitative estimate of drug-likeness (QED) is 0.340. The number of nitrogen functional groups attached to an aromatic ring is 1. The predicted octanol–water partition coefficient (Wildman–Crippen LogP) is 4.44. The summed E-state index contributed by atoms with van der Waals surface area (Å²) >= 11 is 0. The lowest BCUT2D eigenvalue weighted by molar-refractivity contribution is 0.103. The third-order valence-electron chi connectivity index (χ3n) is 4.93. The van der Waals surface area contributed by atoms with E-state index in [9.17, 15) is 4.79 Å². The van der Waals surface area contributed by atoms with Gasteiger partial charge in [-0.05, 0) is 36.8 Å². The topological polar surface area (TPSA) is 83.2 Å². The average Bonchev–Trinajstić information content (AvgIpc) is 2.76. The van der Waals surface area contributed by atoms with Crippen molar-refractivity contribution in [2.75, 3.05) is 53.2 Å². The fourth-order valence-electron chi connectivity index (χ4n) is 3.46. The first-order valence-corrected chi connectivity index (χ1v) is 10.0. The molecule has 2 aromatic carbocycles. The van der Waals surface area contributed by atoms with Gasteiger partial charge in [-0.2, -0.15) is 0 Å². The Morgan fingerprint density at radius 1 is 0.968 bits per heavy atom. The van der Waals surface area contributed by atoms with Gasteiger partial charge in [-0.3, -0.25) is 4.79 Å². The largest absolute Gasteiger partial charge is 0.493 e. The molecule has 0 fully saturated rings. The van der Waals surface area contributed by atoms with E-state index < -0.39 is 0 Å². The van der Waals surface area contributed by atoms with Gasteiger partial charge < -0.3 is 29.6 Å². The van der Waals surface area contributed by atoms with Crippen LogP contribution in [-0.4, -0.2) is 48.3 Å². The zero-order chi connectivity index (χ0) is 23.1. The van der Waals surface area contributed by atoms with Gasteiger partial charge in [-0.15, -0.1) is 0 Å². The van der Waals surface area contributed by atoms with Crippen molar-refractivity contribution in [2.45, 2.75) is 19.8 Å². The molecule has 2 N–H and O–H groups in total. The van der Waals surface area contributed by atoms with Gasteiger partial charge in [0.05, 0.1) is 39.8 Å². The summed E-state index contributed by atoms with van der Waals surface area (Å²) < 4.78 is 22.0. The normalized spacial score (nSPS) is 11.1. The highest BCUT2D eigenvalue weighted by atomic mass is 16.5. The van der Waals surface area contributed by atoms with Gasteiger partial charge in [0.25, 0.3) is 0 Å². The Labute approximate surface area is 184 Å². The molecule has 0 spiro atoms. The standard InChI is InChI=1S/C24H32N2O5/c1-8-9-15(21(27)16-10-11-19(26(2)3)18(25)13-16)12-17-14-20(28-4)23(30-6)24(31-7)22(17)29-5/h10-14H,8-9,25H2,1-7H3/b15-12+. The maximum atomic E-state index is 13.3. The maximum absolute atomic E-state index is 13.3. The van der Waals surface area contributed by atoms with Crippen LogP contribution in [0.1, 0.15) is 35.7 Å². The van der Waals surface area contributed by atoms with Crippen molar-refractivity contribution < 1.29 is 23.7 Å². The molecule has 2 aromatic rings. The number of ketones is 1. The number of anilines is 2. The smallest absolute Gasteiger partial charge is 0.207 e.